The molecule has 1 amide bonds. The normalized spacial score (nSPS) is 19.6. The average molecular weight is 357 g/mol. The number of halogens is 3. The first-order valence-electron chi connectivity index (χ1n) is 5.92. The van der Waals surface area contributed by atoms with Crippen molar-refractivity contribution in [1.82, 2.24) is 4.90 Å². The minimum absolute atomic E-state index is 0.0534. The minimum Gasteiger partial charge on any atom is -0.341 e. The fourth-order valence-corrected chi connectivity index (χ4v) is 3.79. The number of benzene rings is 1. The zero-order valence-electron chi connectivity index (χ0n) is 10.4. The van der Waals surface area contributed by atoms with Crippen LogP contribution in [0.3, 0.4) is 0 Å². The van der Waals surface area contributed by atoms with Crippen LogP contribution in [0.15, 0.2) is 18.2 Å². The summed E-state index contributed by atoms with van der Waals surface area (Å²) in [5.41, 5.74) is 0.896. The SMILES string of the molecule is O=C1CC(S(=O)(=O)Cl)CN1CCc1cc(Cl)cc(Cl)c1. The molecule has 0 N–H and O–H groups in total. The lowest BCUT2D eigenvalue weighted by atomic mass is 10.1. The third kappa shape index (κ3) is 4.01. The second-order valence-corrected chi connectivity index (χ2v) is 8.45. The summed E-state index contributed by atoms with van der Waals surface area (Å²) in [7, 11) is 1.59. The van der Waals surface area contributed by atoms with Crippen LogP contribution in [-0.4, -0.2) is 37.6 Å². The molecule has 1 saturated heterocycles. The van der Waals surface area contributed by atoms with Crippen molar-refractivity contribution in [2.45, 2.75) is 18.1 Å². The fourth-order valence-electron chi connectivity index (χ4n) is 2.16. The molecule has 1 aliphatic heterocycles. The predicted molar refractivity (Wildman–Crippen MR) is 79.9 cm³/mol. The molecule has 1 fully saturated rings. The number of nitrogens with zero attached hydrogens (tertiary/aromatic N) is 1. The molecular formula is C12H12Cl3NO3S. The highest BCUT2D eigenvalue weighted by atomic mass is 35.7. The third-order valence-corrected chi connectivity index (χ3v) is 5.47. The minimum atomic E-state index is -3.70. The van der Waals surface area contributed by atoms with Crippen LogP contribution in [0, 0.1) is 0 Å². The Balaban J connectivity index is 1.99. The van der Waals surface area contributed by atoms with Crippen LogP contribution in [0.5, 0.6) is 0 Å². The third-order valence-electron chi connectivity index (χ3n) is 3.17. The molecule has 1 aliphatic rings. The Morgan fingerprint density at radius 3 is 2.30 bits per heavy atom. The van der Waals surface area contributed by atoms with Crippen LogP contribution in [0.25, 0.3) is 0 Å². The van der Waals surface area contributed by atoms with E-state index < -0.39 is 14.3 Å². The maximum absolute atomic E-state index is 11.7. The van der Waals surface area contributed by atoms with E-state index in [1.807, 2.05) is 0 Å². The summed E-state index contributed by atoms with van der Waals surface area (Å²) in [6.07, 6.45) is 0.503. The summed E-state index contributed by atoms with van der Waals surface area (Å²) >= 11 is 11.8. The second kappa shape index (κ2) is 6.10. The van der Waals surface area contributed by atoms with Crippen LogP contribution in [0.4, 0.5) is 0 Å². The number of carbonyl (C=O) groups is 1. The molecule has 0 aliphatic carbocycles. The summed E-state index contributed by atoms with van der Waals surface area (Å²) in [4.78, 5) is 13.2. The lowest BCUT2D eigenvalue weighted by Gasteiger charge is -2.16. The van der Waals surface area contributed by atoms with Gasteiger partial charge in [0.1, 0.15) is 5.25 Å². The molecule has 0 spiro atoms. The van der Waals surface area contributed by atoms with E-state index in [2.05, 4.69) is 0 Å². The fraction of sp³-hybridized carbons (Fsp3) is 0.417. The molecular weight excluding hydrogens is 345 g/mol. The molecule has 0 aromatic heterocycles. The van der Waals surface area contributed by atoms with Crippen molar-refractivity contribution in [3.8, 4) is 0 Å². The van der Waals surface area contributed by atoms with Gasteiger partial charge < -0.3 is 4.90 Å². The highest BCUT2D eigenvalue weighted by Gasteiger charge is 2.36. The van der Waals surface area contributed by atoms with E-state index in [-0.39, 0.29) is 18.9 Å². The maximum atomic E-state index is 11.7. The first kappa shape index (κ1) is 15.9. The first-order valence-corrected chi connectivity index (χ1v) is 9.05. The van der Waals surface area contributed by atoms with Gasteiger partial charge in [0.15, 0.2) is 0 Å². The van der Waals surface area contributed by atoms with Gasteiger partial charge in [0.05, 0.1) is 0 Å². The highest BCUT2D eigenvalue weighted by molar-refractivity contribution is 8.14. The van der Waals surface area contributed by atoms with E-state index in [4.69, 9.17) is 33.9 Å². The molecule has 20 heavy (non-hydrogen) atoms. The summed E-state index contributed by atoms with van der Waals surface area (Å²) in [6, 6.07) is 5.16. The summed E-state index contributed by atoms with van der Waals surface area (Å²) in [5, 5.41) is 0.238. The molecule has 1 aromatic carbocycles. The molecule has 0 saturated carbocycles. The number of carbonyl (C=O) groups excluding carboxylic acids is 1. The van der Waals surface area contributed by atoms with Gasteiger partial charge in [-0.25, -0.2) is 8.42 Å². The van der Waals surface area contributed by atoms with Gasteiger partial charge in [-0.3, -0.25) is 4.79 Å². The van der Waals surface area contributed by atoms with Gasteiger partial charge in [0.25, 0.3) is 0 Å². The van der Waals surface area contributed by atoms with Crippen molar-refractivity contribution in [2.75, 3.05) is 13.1 Å². The number of hydrogen-bond donors (Lipinski definition) is 0. The van der Waals surface area contributed by atoms with Crippen LogP contribution >= 0.6 is 33.9 Å². The van der Waals surface area contributed by atoms with E-state index in [1.54, 1.807) is 18.2 Å². The smallest absolute Gasteiger partial charge is 0.237 e. The number of amides is 1. The lowest BCUT2D eigenvalue weighted by Crippen LogP contribution is -2.29. The van der Waals surface area contributed by atoms with Gasteiger partial charge in [-0.2, -0.15) is 0 Å². The van der Waals surface area contributed by atoms with Gasteiger partial charge in [0, 0.05) is 40.2 Å². The van der Waals surface area contributed by atoms with Gasteiger partial charge >= 0.3 is 0 Å². The van der Waals surface area contributed by atoms with E-state index in [0.717, 1.165) is 5.56 Å². The maximum Gasteiger partial charge on any atom is 0.237 e. The van der Waals surface area contributed by atoms with Crippen LogP contribution < -0.4 is 0 Å². The standard InChI is InChI=1S/C12H12Cl3NO3S/c13-9-3-8(4-10(14)5-9)1-2-16-7-11(6-12(16)17)20(15,18)19/h3-5,11H,1-2,6-7H2. The Hall–Kier alpha value is -0.490. The number of hydrogen-bond acceptors (Lipinski definition) is 3. The molecule has 4 nitrogen and oxygen atoms in total. The first-order chi connectivity index (χ1) is 9.25. The second-order valence-electron chi connectivity index (χ2n) is 4.67. The van der Waals surface area contributed by atoms with Crippen molar-refractivity contribution in [3.05, 3.63) is 33.8 Å². The summed E-state index contributed by atoms with van der Waals surface area (Å²) in [5.74, 6) is -0.202. The van der Waals surface area contributed by atoms with Crippen molar-refractivity contribution < 1.29 is 13.2 Å². The van der Waals surface area contributed by atoms with Crippen molar-refractivity contribution in [2.24, 2.45) is 0 Å². The largest absolute Gasteiger partial charge is 0.341 e. The molecule has 2 rings (SSSR count). The lowest BCUT2D eigenvalue weighted by molar-refractivity contribution is -0.127. The Morgan fingerprint density at radius 1 is 1.20 bits per heavy atom. The van der Waals surface area contributed by atoms with Crippen LogP contribution in [0.1, 0.15) is 12.0 Å². The summed E-state index contributed by atoms with van der Waals surface area (Å²) in [6.45, 7) is 0.553. The number of rotatable bonds is 4. The highest BCUT2D eigenvalue weighted by Crippen LogP contribution is 2.23. The topological polar surface area (TPSA) is 54.5 Å². The van der Waals surface area contributed by atoms with Gasteiger partial charge in [-0.1, -0.05) is 23.2 Å². The van der Waals surface area contributed by atoms with Gasteiger partial charge in [-0.05, 0) is 30.2 Å². The summed E-state index contributed by atoms with van der Waals surface area (Å²) < 4.78 is 22.5. The average Bonchev–Trinajstić information content (AvgIpc) is 2.66. The molecule has 0 radical (unpaired) electrons. The zero-order valence-corrected chi connectivity index (χ0v) is 13.4. The monoisotopic (exact) mass is 355 g/mol. The van der Waals surface area contributed by atoms with E-state index in [0.29, 0.717) is 23.0 Å². The van der Waals surface area contributed by atoms with Gasteiger partial charge in [-0.15, -0.1) is 0 Å². The van der Waals surface area contributed by atoms with Crippen molar-refractivity contribution in [3.63, 3.8) is 0 Å². The Kier molecular flexibility index (Phi) is 4.84. The molecule has 1 atom stereocenters. The van der Waals surface area contributed by atoms with Gasteiger partial charge in [0.2, 0.25) is 15.0 Å². The zero-order chi connectivity index (χ0) is 14.9. The van der Waals surface area contributed by atoms with E-state index >= 15 is 0 Å². The van der Waals surface area contributed by atoms with Crippen LogP contribution in [-0.2, 0) is 20.3 Å². The van der Waals surface area contributed by atoms with Crippen molar-refractivity contribution in [1.29, 1.82) is 0 Å². The van der Waals surface area contributed by atoms with E-state index in [9.17, 15) is 13.2 Å². The Labute approximate surface area is 132 Å². The quantitative estimate of drug-likeness (QED) is 0.779. The Morgan fingerprint density at radius 2 is 1.80 bits per heavy atom. The molecule has 1 unspecified atom stereocenters. The van der Waals surface area contributed by atoms with E-state index in [1.165, 1.54) is 4.90 Å². The molecule has 8 heteroatoms. The molecule has 0 bridgehead atoms. The molecule has 1 heterocycles. The molecule has 110 valence electrons. The Bertz CT molecular complexity index is 613. The molecule has 1 aromatic rings. The van der Waals surface area contributed by atoms with Crippen molar-refractivity contribution >= 4 is 48.8 Å². The van der Waals surface area contributed by atoms with Crippen LogP contribution in [0.2, 0.25) is 10.0 Å². The number of likely N-dealkylation sites (tertiary alicyclic amines) is 1. The predicted octanol–water partition coefficient (Wildman–Crippen LogP) is 2.71.